The van der Waals surface area contributed by atoms with Gasteiger partial charge in [0.05, 0.1) is 0 Å². The normalized spacial score (nSPS) is 32.1. The fraction of sp³-hybridized carbons (Fsp3) is 0.929. The second-order valence-corrected chi connectivity index (χ2v) is 7.69. The largest absolute Gasteiger partial charge is 0.775 e. The molecule has 0 aromatic carbocycles. The zero-order valence-corrected chi connectivity index (χ0v) is 13.4. The second-order valence-electron chi connectivity index (χ2n) is 6.64. The third-order valence-corrected chi connectivity index (χ3v) is 5.28. The van der Waals surface area contributed by atoms with Gasteiger partial charge in [-0.25, -0.2) is 0 Å². The van der Waals surface area contributed by atoms with Crippen molar-refractivity contribution in [1.29, 1.82) is 0 Å². The Bertz CT molecular complexity index is 404. The van der Waals surface area contributed by atoms with Gasteiger partial charge in [-0.1, -0.05) is 19.8 Å². The molecule has 2 aliphatic carbocycles. The molecule has 2 bridgehead atoms. The molecule has 2 saturated carbocycles. The lowest BCUT2D eigenvalue weighted by atomic mass is 9.59. The van der Waals surface area contributed by atoms with Crippen molar-refractivity contribution >= 4 is 17.9 Å². The summed E-state index contributed by atoms with van der Waals surface area (Å²) in [5, 5.41) is 13.8. The van der Waals surface area contributed by atoms with Gasteiger partial charge in [0.25, 0.3) is 0 Å². The first-order valence-corrected chi connectivity index (χ1v) is 8.46. The van der Waals surface area contributed by atoms with Crippen LogP contribution in [0.4, 0.5) is 13.2 Å². The summed E-state index contributed by atoms with van der Waals surface area (Å²) in [6.45, 7) is 1.73. The minimum atomic E-state index is -4.58. The monoisotopic (exact) mass is 339 g/mol. The first-order chi connectivity index (χ1) is 10.2. The van der Waals surface area contributed by atoms with E-state index >= 15 is 0 Å². The molecule has 22 heavy (non-hydrogen) atoms. The molecule has 0 spiro atoms. The van der Waals surface area contributed by atoms with E-state index in [9.17, 15) is 23.2 Å². The Morgan fingerprint density at radius 1 is 1.45 bits per heavy atom. The highest BCUT2D eigenvalue weighted by Crippen LogP contribution is 2.51. The van der Waals surface area contributed by atoms with Crippen molar-refractivity contribution in [3.63, 3.8) is 0 Å². The maximum atomic E-state index is 12.5. The van der Waals surface area contributed by atoms with Crippen molar-refractivity contribution in [1.82, 2.24) is 9.79 Å². The fourth-order valence-corrected chi connectivity index (χ4v) is 4.51. The molecule has 4 nitrogen and oxygen atoms in total. The van der Waals surface area contributed by atoms with E-state index in [1.54, 1.807) is 0 Å². The number of carbonyl (C=O) groups excluding carboxylic acids is 1. The van der Waals surface area contributed by atoms with Crippen LogP contribution in [0, 0.1) is 22.5 Å². The van der Waals surface area contributed by atoms with Crippen LogP contribution in [0.1, 0.15) is 45.4 Å². The summed E-state index contributed by atoms with van der Waals surface area (Å²) in [5.74, 6) is 0.996. The Kier molecular flexibility index (Phi) is 5.66. The SMILES string of the molecule is CC1CC2CCCC(C(=O)NCCN([O-])SC(F)(F)F)(C1)C2. The van der Waals surface area contributed by atoms with E-state index in [2.05, 4.69) is 12.2 Å². The first-order valence-electron chi connectivity index (χ1n) is 7.69. The summed E-state index contributed by atoms with van der Waals surface area (Å²) in [6, 6.07) is 0. The highest BCUT2D eigenvalue weighted by molar-refractivity contribution is 7.97. The fourth-order valence-electron chi connectivity index (χ4n) is 4.10. The van der Waals surface area contributed by atoms with Crippen molar-refractivity contribution in [2.75, 3.05) is 13.1 Å². The molecule has 0 heterocycles. The molecular formula is C14H22F3N2O2S-. The predicted molar refractivity (Wildman–Crippen MR) is 79.5 cm³/mol. The van der Waals surface area contributed by atoms with Gasteiger partial charge < -0.3 is 15.0 Å². The van der Waals surface area contributed by atoms with Crippen LogP contribution in [0.5, 0.6) is 0 Å². The molecule has 3 atom stereocenters. The molecule has 0 aromatic rings. The molecular weight excluding hydrogens is 317 g/mol. The van der Waals surface area contributed by atoms with Crippen molar-refractivity contribution in [3.05, 3.63) is 5.21 Å². The third kappa shape index (κ3) is 4.76. The first kappa shape index (κ1) is 17.9. The molecule has 1 amide bonds. The van der Waals surface area contributed by atoms with Gasteiger partial charge >= 0.3 is 5.51 Å². The quantitative estimate of drug-likeness (QED) is 0.613. The number of nitrogens with zero attached hydrogens (tertiary/aromatic N) is 1. The maximum absolute atomic E-state index is 12.5. The van der Waals surface area contributed by atoms with Gasteiger partial charge in [-0.15, -0.1) is 0 Å². The van der Waals surface area contributed by atoms with Gasteiger partial charge in [-0.2, -0.15) is 13.2 Å². The van der Waals surface area contributed by atoms with Gasteiger partial charge in [-0.3, -0.25) is 4.79 Å². The average Bonchev–Trinajstić information content (AvgIpc) is 2.35. The number of hydrogen-bond acceptors (Lipinski definition) is 4. The maximum Gasteiger partial charge on any atom is 0.455 e. The molecule has 1 N–H and O–H groups in total. The number of hydrogen-bond donors (Lipinski definition) is 1. The Balaban J connectivity index is 1.81. The zero-order valence-electron chi connectivity index (χ0n) is 12.6. The van der Waals surface area contributed by atoms with Crippen LogP contribution in [0.3, 0.4) is 0 Å². The molecule has 0 radical (unpaired) electrons. The topological polar surface area (TPSA) is 55.4 Å². The number of carbonyl (C=O) groups is 1. The van der Waals surface area contributed by atoms with Crippen LogP contribution < -0.4 is 5.32 Å². The molecule has 2 rings (SSSR count). The van der Waals surface area contributed by atoms with Crippen LogP contribution in [0.25, 0.3) is 0 Å². The Labute approximate surface area is 132 Å². The Hall–Kier alpha value is -0.470. The van der Waals surface area contributed by atoms with Crippen LogP contribution in [0.2, 0.25) is 0 Å². The molecule has 8 heteroatoms. The number of amides is 1. The standard InChI is InChI=1S/C14H22F3N2O2S/c1-10-7-11-3-2-4-13(8-10,9-11)12(20)18-5-6-19(21)22-14(15,16)17/h10-11H,2-9H2,1H3,(H,18,20)/q-1. The molecule has 2 fully saturated rings. The Morgan fingerprint density at radius 3 is 2.86 bits per heavy atom. The second kappa shape index (κ2) is 6.97. The van der Waals surface area contributed by atoms with Gasteiger partial charge in [0, 0.05) is 30.5 Å². The lowest BCUT2D eigenvalue weighted by Crippen LogP contribution is -2.48. The molecule has 3 unspecified atom stereocenters. The van der Waals surface area contributed by atoms with Crippen molar-refractivity contribution < 1.29 is 18.0 Å². The van der Waals surface area contributed by atoms with Crippen molar-refractivity contribution in [3.8, 4) is 0 Å². The number of rotatable bonds is 5. The average molecular weight is 339 g/mol. The number of fused-ring (bicyclic) bond motifs is 2. The molecule has 0 aliphatic heterocycles. The summed E-state index contributed by atoms with van der Waals surface area (Å²) in [4.78, 5) is 12.5. The summed E-state index contributed by atoms with van der Waals surface area (Å²) in [6.07, 6.45) is 5.91. The number of nitrogens with one attached hydrogen (secondary N) is 1. The zero-order chi connectivity index (χ0) is 16.4. The highest BCUT2D eigenvalue weighted by atomic mass is 32.2. The van der Waals surface area contributed by atoms with E-state index in [1.165, 1.54) is 0 Å². The number of hydroxylamine groups is 1. The van der Waals surface area contributed by atoms with Gasteiger partial charge in [-0.05, 0) is 37.5 Å². The van der Waals surface area contributed by atoms with Crippen LogP contribution in [0.15, 0.2) is 0 Å². The van der Waals surface area contributed by atoms with E-state index in [0.717, 1.165) is 38.5 Å². The molecule has 0 aromatic heterocycles. The van der Waals surface area contributed by atoms with Crippen LogP contribution in [-0.4, -0.2) is 29.0 Å². The van der Waals surface area contributed by atoms with E-state index in [4.69, 9.17) is 0 Å². The van der Waals surface area contributed by atoms with E-state index in [-0.39, 0.29) is 28.9 Å². The summed E-state index contributed by atoms with van der Waals surface area (Å²) >= 11 is -0.713. The van der Waals surface area contributed by atoms with E-state index in [1.807, 2.05) is 0 Å². The smallest absolute Gasteiger partial charge is 0.455 e. The summed E-state index contributed by atoms with van der Waals surface area (Å²) in [7, 11) is 0. The van der Waals surface area contributed by atoms with Crippen molar-refractivity contribution in [2.45, 2.75) is 51.0 Å². The summed E-state index contributed by atoms with van der Waals surface area (Å²) in [5.41, 5.74) is -4.95. The van der Waals surface area contributed by atoms with Gasteiger partial charge in [0.1, 0.15) is 0 Å². The van der Waals surface area contributed by atoms with Crippen LogP contribution >= 0.6 is 11.9 Å². The van der Waals surface area contributed by atoms with Gasteiger partial charge in [0.2, 0.25) is 5.91 Å². The number of halogens is 3. The Morgan fingerprint density at radius 2 is 2.18 bits per heavy atom. The number of alkyl halides is 3. The highest BCUT2D eigenvalue weighted by Gasteiger charge is 2.46. The van der Waals surface area contributed by atoms with Gasteiger partial charge in [0.15, 0.2) is 0 Å². The lowest BCUT2D eigenvalue weighted by Gasteiger charge is -2.46. The van der Waals surface area contributed by atoms with E-state index < -0.39 is 17.5 Å². The minimum Gasteiger partial charge on any atom is -0.775 e. The predicted octanol–water partition coefficient (Wildman–Crippen LogP) is 3.68. The third-order valence-electron chi connectivity index (χ3n) is 4.69. The lowest BCUT2D eigenvalue weighted by molar-refractivity contribution is -0.137. The van der Waals surface area contributed by atoms with Crippen molar-refractivity contribution in [2.24, 2.45) is 17.3 Å². The summed E-state index contributed by atoms with van der Waals surface area (Å²) < 4.78 is 35.9. The molecule has 128 valence electrons. The van der Waals surface area contributed by atoms with E-state index in [0.29, 0.717) is 11.8 Å². The molecule has 0 saturated heterocycles. The molecule has 2 aliphatic rings. The van der Waals surface area contributed by atoms with Crippen LogP contribution in [-0.2, 0) is 4.79 Å². The minimum absolute atomic E-state index is 0.0494.